The molecule has 0 aliphatic heterocycles. The van der Waals surface area contributed by atoms with Crippen molar-refractivity contribution in [3.05, 3.63) is 28.8 Å². The minimum absolute atomic E-state index is 0.00242. The van der Waals surface area contributed by atoms with Crippen LogP contribution in [0.15, 0.2) is 23.1 Å². The highest BCUT2D eigenvalue weighted by Crippen LogP contribution is 2.20. The van der Waals surface area contributed by atoms with Crippen LogP contribution in [0.5, 0.6) is 0 Å². The van der Waals surface area contributed by atoms with Gasteiger partial charge in [0.25, 0.3) is 5.91 Å². The lowest BCUT2D eigenvalue weighted by molar-refractivity contribution is -0.124. The van der Waals surface area contributed by atoms with E-state index in [9.17, 15) is 18.0 Å². The Morgan fingerprint density at radius 1 is 1.35 bits per heavy atom. The van der Waals surface area contributed by atoms with Crippen LogP contribution in [0, 0.1) is 5.92 Å². The van der Waals surface area contributed by atoms with E-state index >= 15 is 0 Å². The van der Waals surface area contributed by atoms with E-state index in [-0.39, 0.29) is 15.5 Å². The zero-order valence-electron chi connectivity index (χ0n) is 12.8. The third-order valence-electron chi connectivity index (χ3n) is 2.86. The Kier molecular flexibility index (Phi) is 6.99. The van der Waals surface area contributed by atoms with Crippen molar-refractivity contribution in [1.29, 1.82) is 0 Å². The lowest BCUT2D eigenvalue weighted by Crippen LogP contribution is -2.30. The van der Waals surface area contributed by atoms with Gasteiger partial charge in [0.2, 0.25) is 10.0 Å². The Balaban J connectivity index is 2.66. The first-order valence-electron chi connectivity index (χ1n) is 6.87. The first kappa shape index (κ1) is 19.4. The molecule has 0 heterocycles. The maximum Gasteiger partial charge on any atom is 0.340 e. The van der Waals surface area contributed by atoms with Gasteiger partial charge in [0, 0.05) is 6.54 Å². The molecule has 7 nitrogen and oxygen atoms in total. The van der Waals surface area contributed by atoms with Crippen molar-refractivity contribution < 1.29 is 22.7 Å². The molecule has 23 heavy (non-hydrogen) atoms. The molecular formula is C14H19ClN2O5S. The molecule has 0 fully saturated rings. The highest BCUT2D eigenvalue weighted by atomic mass is 35.5. The number of amides is 1. The number of halogens is 1. The topological polar surface area (TPSA) is 116 Å². The summed E-state index contributed by atoms with van der Waals surface area (Å²) in [5.41, 5.74) is -0.173. The van der Waals surface area contributed by atoms with Crippen molar-refractivity contribution in [3.63, 3.8) is 0 Å². The molecule has 0 radical (unpaired) electrons. The molecule has 0 bridgehead atoms. The van der Waals surface area contributed by atoms with E-state index in [0.717, 1.165) is 12.5 Å². The van der Waals surface area contributed by atoms with E-state index in [1.807, 2.05) is 13.8 Å². The summed E-state index contributed by atoms with van der Waals surface area (Å²) in [4.78, 5) is 23.2. The summed E-state index contributed by atoms with van der Waals surface area (Å²) in [7, 11) is -3.97. The highest BCUT2D eigenvalue weighted by molar-refractivity contribution is 7.89. The number of carbonyl (C=O) groups is 2. The second-order valence-corrected chi connectivity index (χ2v) is 7.26. The van der Waals surface area contributed by atoms with Crippen LogP contribution in [0.3, 0.4) is 0 Å². The van der Waals surface area contributed by atoms with Gasteiger partial charge < -0.3 is 10.1 Å². The van der Waals surface area contributed by atoms with Crippen LogP contribution in [-0.4, -0.2) is 33.4 Å². The van der Waals surface area contributed by atoms with E-state index in [4.69, 9.17) is 21.5 Å². The zero-order chi connectivity index (χ0) is 17.6. The van der Waals surface area contributed by atoms with Crippen molar-refractivity contribution in [2.24, 2.45) is 11.1 Å². The minimum Gasteiger partial charge on any atom is -0.452 e. The van der Waals surface area contributed by atoms with Gasteiger partial charge in [-0.3, -0.25) is 4.79 Å². The molecular weight excluding hydrogens is 344 g/mol. The molecule has 1 aromatic rings. The smallest absolute Gasteiger partial charge is 0.340 e. The van der Waals surface area contributed by atoms with Gasteiger partial charge >= 0.3 is 5.97 Å². The van der Waals surface area contributed by atoms with Crippen molar-refractivity contribution >= 4 is 33.5 Å². The number of esters is 1. The molecule has 128 valence electrons. The molecule has 0 spiro atoms. The number of primary sulfonamides is 1. The summed E-state index contributed by atoms with van der Waals surface area (Å²) in [5.74, 6) is -0.908. The summed E-state index contributed by atoms with van der Waals surface area (Å²) < 4.78 is 27.4. The maximum atomic E-state index is 11.9. The van der Waals surface area contributed by atoms with Gasteiger partial charge in [-0.05, 0) is 30.5 Å². The first-order valence-corrected chi connectivity index (χ1v) is 8.80. The number of carbonyl (C=O) groups excluding carboxylic acids is 2. The zero-order valence-corrected chi connectivity index (χ0v) is 14.4. The Labute approximate surface area is 140 Å². The van der Waals surface area contributed by atoms with Crippen LogP contribution >= 0.6 is 11.6 Å². The monoisotopic (exact) mass is 362 g/mol. The largest absolute Gasteiger partial charge is 0.452 e. The van der Waals surface area contributed by atoms with Crippen molar-refractivity contribution in [2.45, 2.75) is 25.2 Å². The molecule has 0 atom stereocenters. The van der Waals surface area contributed by atoms with Crippen LogP contribution in [0.1, 0.15) is 30.6 Å². The first-order chi connectivity index (χ1) is 10.6. The Morgan fingerprint density at radius 3 is 2.57 bits per heavy atom. The van der Waals surface area contributed by atoms with Crippen molar-refractivity contribution in [2.75, 3.05) is 13.2 Å². The molecule has 0 aliphatic rings. The predicted molar refractivity (Wildman–Crippen MR) is 85.6 cm³/mol. The molecule has 1 amide bonds. The summed E-state index contributed by atoms with van der Waals surface area (Å²) in [6.45, 7) is 4.04. The fourth-order valence-electron chi connectivity index (χ4n) is 1.60. The number of nitrogens with one attached hydrogen (secondary N) is 1. The number of sulfonamides is 1. The van der Waals surface area contributed by atoms with Gasteiger partial charge in [-0.25, -0.2) is 18.4 Å². The standard InChI is InChI=1S/C14H19ClN2O5S/c1-9(2)5-6-17-13(18)8-22-14(19)11-7-10(23(16,20)21)3-4-12(11)15/h3-4,7,9H,5-6,8H2,1-2H3,(H,17,18)(H2,16,20,21). The van der Waals surface area contributed by atoms with E-state index in [1.165, 1.54) is 12.1 Å². The lowest BCUT2D eigenvalue weighted by Gasteiger charge is -2.09. The van der Waals surface area contributed by atoms with E-state index in [1.54, 1.807) is 0 Å². The molecule has 3 N–H and O–H groups in total. The second kappa shape index (κ2) is 8.28. The molecule has 0 saturated heterocycles. The molecule has 9 heteroatoms. The Hall–Kier alpha value is -1.64. The highest BCUT2D eigenvalue weighted by Gasteiger charge is 2.17. The minimum atomic E-state index is -3.97. The van der Waals surface area contributed by atoms with Gasteiger partial charge in [-0.1, -0.05) is 25.4 Å². The fraction of sp³-hybridized carbons (Fsp3) is 0.429. The number of rotatable bonds is 7. The third kappa shape index (κ3) is 6.55. The fourth-order valence-corrected chi connectivity index (χ4v) is 2.33. The van der Waals surface area contributed by atoms with Crippen LogP contribution in [-0.2, 0) is 19.6 Å². The Bertz CT molecular complexity index is 688. The average molecular weight is 363 g/mol. The van der Waals surface area contributed by atoms with E-state index in [2.05, 4.69) is 5.32 Å². The summed E-state index contributed by atoms with van der Waals surface area (Å²) in [6, 6.07) is 3.41. The summed E-state index contributed by atoms with van der Waals surface area (Å²) >= 11 is 5.84. The predicted octanol–water partition coefficient (Wildman–Crippen LogP) is 1.31. The quantitative estimate of drug-likeness (QED) is 0.709. The molecule has 1 aromatic carbocycles. The average Bonchev–Trinajstić information content (AvgIpc) is 2.43. The SMILES string of the molecule is CC(C)CCNC(=O)COC(=O)c1cc(S(N)(=O)=O)ccc1Cl. The van der Waals surface area contributed by atoms with Crippen LogP contribution in [0.4, 0.5) is 0 Å². The van der Waals surface area contributed by atoms with Gasteiger partial charge in [-0.2, -0.15) is 0 Å². The summed E-state index contributed by atoms with van der Waals surface area (Å²) in [6.07, 6.45) is 0.807. The molecule has 0 saturated carbocycles. The molecule has 0 aromatic heterocycles. The number of nitrogens with two attached hydrogens (primary N) is 1. The van der Waals surface area contributed by atoms with E-state index < -0.39 is 28.5 Å². The second-order valence-electron chi connectivity index (χ2n) is 5.30. The van der Waals surface area contributed by atoms with Gasteiger partial charge in [0.15, 0.2) is 6.61 Å². The molecule has 0 aliphatic carbocycles. The number of benzene rings is 1. The van der Waals surface area contributed by atoms with Gasteiger partial charge in [0.05, 0.1) is 15.5 Å². The van der Waals surface area contributed by atoms with Crippen LogP contribution in [0.25, 0.3) is 0 Å². The summed E-state index contributed by atoms with van der Waals surface area (Å²) in [5, 5.41) is 7.60. The van der Waals surface area contributed by atoms with Crippen molar-refractivity contribution in [3.8, 4) is 0 Å². The Morgan fingerprint density at radius 2 is 2.00 bits per heavy atom. The number of hydrogen-bond donors (Lipinski definition) is 2. The normalized spacial score (nSPS) is 11.3. The number of hydrogen-bond acceptors (Lipinski definition) is 5. The van der Waals surface area contributed by atoms with E-state index in [0.29, 0.717) is 12.5 Å². The van der Waals surface area contributed by atoms with Crippen LogP contribution in [0.2, 0.25) is 5.02 Å². The van der Waals surface area contributed by atoms with Crippen molar-refractivity contribution in [1.82, 2.24) is 5.32 Å². The maximum absolute atomic E-state index is 11.9. The van der Waals surface area contributed by atoms with Gasteiger partial charge in [0.1, 0.15) is 0 Å². The molecule has 1 rings (SSSR count). The number of ether oxygens (including phenoxy) is 1. The van der Waals surface area contributed by atoms with Gasteiger partial charge in [-0.15, -0.1) is 0 Å². The third-order valence-corrected chi connectivity index (χ3v) is 4.11. The lowest BCUT2D eigenvalue weighted by atomic mass is 10.1. The van der Waals surface area contributed by atoms with Crippen LogP contribution < -0.4 is 10.5 Å². The molecule has 0 unspecified atom stereocenters.